The Morgan fingerprint density at radius 3 is 2.46 bits per heavy atom. The Labute approximate surface area is 164 Å². The van der Waals surface area contributed by atoms with E-state index in [9.17, 15) is 4.79 Å². The third-order valence-corrected chi connectivity index (χ3v) is 4.93. The van der Waals surface area contributed by atoms with Crippen molar-refractivity contribution in [2.45, 2.75) is 13.1 Å². The Kier molecular flexibility index (Phi) is 4.65. The number of benzene rings is 3. The van der Waals surface area contributed by atoms with Crippen LogP contribution in [0, 0.1) is 6.92 Å². The van der Waals surface area contributed by atoms with Crippen LogP contribution < -0.4 is 19.7 Å². The fourth-order valence-corrected chi connectivity index (χ4v) is 3.64. The lowest BCUT2D eigenvalue weighted by Crippen LogP contribution is -2.43. The Morgan fingerprint density at radius 1 is 0.929 bits per heavy atom. The molecule has 5 heteroatoms. The van der Waals surface area contributed by atoms with Crippen LogP contribution in [0.15, 0.2) is 66.7 Å². The zero-order valence-electron chi connectivity index (χ0n) is 16.1. The molecule has 0 fully saturated rings. The fourth-order valence-electron chi connectivity index (χ4n) is 3.64. The van der Waals surface area contributed by atoms with Crippen molar-refractivity contribution in [3.63, 3.8) is 0 Å². The maximum absolute atomic E-state index is 13.5. The number of nitrogens with zero attached hydrogens (tertiary/aromatic N) is 1. The number of aryl methyl sites for hydroxylation is 1. The lowest BCUT2D eigenvalue weighted by molar-refractivity contribution is 0.0974. The van der Waals surface area contributed by atoms with Gasteiger partial charge in [0, 0.05) is 16.9 Å². The second-order valence-electron chi connectivity index (χ2n) is 6.69. The predicted molar refractivity (Wildman–Crippen MR) is 110 cm³/mol. The summed E-state index contributed by atoms with van der Waals surface area (Å²) >= 11 is 0. The minimum Gasteiger partial charge on any atom is -0.493 e. The van der Waals surface area contributed by atoms with Gasteiger partial charge in [0.05, 0.1) is 19.8 Å². The molecule has 1 heterocycles. The van der Waals surface area contributed by atoms with Crippen LogP contribution in [-0.2, 0) is 0 Å². The molecular weight excluding hydrogens is 352 g/mol. The first-order valence-electron chi connectivity index (χ1n) is 9.10. The summed E-state index contributed by atoms with van der Waals surface area (Å²) in [5.41, 5.74) is 4.17. The van der Waals surface area contributed by atoms with Gasteiger partial charge in [0.2, 0.25) is 0 Å². The molecule has 28 heavy (non-hydrogen) atoms. The number of hydrogen-bond donors (Lipinski definition) is 1. The van der Waals surface area contributed by atoms with E-state index in [0.29, 0.717) is 17.1 Å². The Morgan fingerprint density at radius 2 is 1.71 bits per heavy atom. The van der Waals surface area contributed by atoms with Crippen LogP contribution in [0.4, 0.5) is 11.4 Å². The highest BCUT2D eigenvalue weighted by Gasteiger charge is 2.36. The highest BCUT2D eigenvalue weighted by molar-refractivity contribution is 6.12. The van der Waals surface area contributed by atoms with Crippen molar-refractivity contribution in [1.29, 1.82) is 0 Å². The van der Waals surface area contributed by atoms with Crippen molar-refractivity contribution in [2.75, 3.05) is 24.4 Å². The van der Waals surface area contributed by atoms with Gasteiger partial charge in [0.25, 0.3) is 5.91 Å². The molecule has 4 rings (SSSR count). The molecule has 0 saturated heterocycles. The summed E-state index contributed by atoms with van der Waals surface area (Å²) in [7, 11) is 3.21. The second-order valence-corrected chi connectivity index (χ2v) is 6.69. The number of carbonyl (C=O) groups excluding carboxylic acids is 1. The second kappa shape index (κ2) is 7.27. The van der Waals surface area contributed by atoms with Crippen LogP contribution in [0.1, 0.15) is 27.7 Å². The van der Waals surface area contributed by atoms with Gasteiger partial charge in [0.1, 0.15) is 6.17 Å². The number of ether oxygens (including phenoxy) is 2. The number of anilines is 2. The van der Waals surface area contributed by atoms with Gasteiger partial charge in [-0.25, -0.2) is 0 Å². The molecule has 3 aromatic rings. The van der Waals surface area contributed by atoms with Gasteiger partial charge in [-0.3, -0.25) is 9.69 Å². The first-order chi connectivity index (χ1) is 13.6. The number of amides is 1. The van der Waals surface area contributed by atoms with E-state index in [2.05, 4.69) is 5.32 Å². The molecule has 0 unspecified atom stereocenters. The molecule has 0 spiro atoms. The summed E-state index contributed by atoms with van der Waals surface area (Å²) in [6, 6.07) is 21.2. The van der Waals surface area contributed by atoms with Crippen molar-refractivity contribution in [3.8, 4) is 11.5 Å². The number of carbonyl (C=O) groups is 1. The van der Waals surface area contributed by atoms with E-state index in [1.165, 1.54) is 0 Å². The van der Waals surface area contributed by atoms with E-state index in [0.717, 1.165) is 22.5 Å². The van der Waals surface area contributed by atoms with Crippen molar-refractivity contribution in [2.24, 2.45) is 0 Å². The predicted octanol–water partition coefficient (Wildman–Crippen LogP) is 4.78. The van der Waals surface area contributed by atoms with Crippen molar-refractivity contribution >= 4 is 17.3 Å². The third-order valence-electron chi connectivity index (χ3n) is 4.93. The van der Waals surface area contributed by atoms with Gasteiger partial charge in [-0.15, -0.1) is 0 Å². The molecule has 142 valence electrons. The highest BCUT2D eigenvalue weighted by Crippen LogP contribution is 2.42. The first-order valence-corrected chi connectivity index (χ1v) is 9.10. The summed E-state index contributed by atoms with van der Waals surface area (Å²) < 4.78 is 11.1. The number of hydrogen-bond acceptors (Lipinski definition) is 4. The fraction of sp³-hybridized carbons (Fsp3) is 0.174. The van der Waals surface area contributed by atoms with Gasteiger partial charge in [-0.05, 0) is 42.8 Å². The molecule has 1 amide bonds. The number of fused-ring (bicyclic) bond motifs is 1. The van der Waals surface area contributed by atoms with Crippen LogP contribution in [0.3, 0.4) is 0 Å². The van der Waals surface area contributed by atoms with Crippen LogP contribution in [0.5, 0.6) is 11.5 Å². The summed E-state index contributed by atoms with van der Waals surface area (Å²) in [5, 5.41) is 3.51. The van der Waals surface area contributed by atoms with Gasteiger partial charge in [-0.1, -0.05) is 36.4 Å². The Bertz CT molecular complexity index is 1030. The topological polar surface area (TPSA) is 50.8 Å². The minimum absolute atomic E-state index is 0.0603. The number of para-hydroxylation sites is 2. The average Bonchev–Trinajstić information content (AvgIpc) is 2.73. The zero-order chi connectivity index (χ0) is 19.7. The zero-order valence-corrected chi connectivity index (χ0v) is 16.1. The molecule has 0 bridgehead atoms. The maximum Gasteiger partial charge on any atom is 0.262 e. The summed E-state index contributed by atoms with van der Waals surface area (Å²) in [6.45, 7) is 2.01. The molecule has 1 aliphatic heterocycles. The average molecular weight is 374 g/mol. The van der Waals surface area contributed by atoms with Crippen LogP contribution in [0.2, 0.25) is 0 Å². The van der Waals surface area contributed by atoms with E-state index in [4.69, 9.17) is 9.47 Å². The van der Waals surface area contributed by atoms with E-state index in [1.807, 2.05) is 73.7 Å². The molecule has 1 atom stereocenters. The molecule has 0 aliphatic carbocycles. The number of rotatable bonds is 4. The first kappa shape index (κ1) is 17.9. The quantitative estimate of drug-likeness (QED) is 0.714. The lowest BCUT2D eigenvalue weighted by atomic mass is 10.0. The van der Waals surface area contributed by atoms with Gasteiger partial charge >= 0.3 is 0 Å². The molecule has 1 N–H and O–H groups in total. The number of methoxy groups -OCH3 is 2. The normalized spacial score (nSPS) is 15.6. The third kappa shape index (κ3) is 2.95. The lowest BCUT2D eigenvalue weighted by Gasteiger charge is -2.38. The van der Waals surface area contributed by atoms with E-state index >= 15 is 0 Å². The minimum atomic E-state index is -0.436. The molecule has 0 saturated carbocycles. The van der Waals surface area contributed by atoms with Gasteiger partial charge < -0.3 is 14.8 Å². The molecule has 1 aliphatic rings. The van der Waals surface area contributed by atoms with Crippen molar-refractivity contribution < 1.29 is 14.3 Å². The Balaban J connectivity index is 1.92. The highest BCUT2D eigenvalue weighted by atomic mass is 16.5. The van der Waals surface area contributed by atoms with Crippen LogP contribution in [0.25, 0.3) is 0 Å². The van der Waals surface area contributed by atoms with Crippen molar-refractivity contribution in [1.82, 2.24) is 0 Å². The Hall–Kier alpha value is -3.47. The smallest absolute Gasteiger partial charge is 0.262 e. The number of nitrogens with one attached hydrogen (secondary N) is 1. The maximum atomic E-state index is 13.5. The standard InChI is InChI=1S/C23H22N2O3/c1-15-8-6-9-16(14-15)25-22(18-11-7-13-20(27-2)21(18)28-3)24-19-12-5-4-10-17(19)23(25)26/h4-14,22,24H,1-3H3/t22-/m0/s1. The SMILES string of the molecule is COc1cccc([C@H]2Nc3ccccc3C(=O)N2c2cccc(C)c2)c1OC. The molecule has 0 radical (unpaired) electrons. The summed E-state index contributed by atoms with van der Waals surface area (Å²) in [4.78, 5) is 15.3. The molecule has 3 aromatic carbocycles. The van der Waals surface area contributed by atoms with Gasteiger partial charge in [-0.2, -0.15) is 0 Å². The van der Waals surface area contributed by atoms with E-state index < -0.39 is 6.17 Å². The molecule has 5 nitrogen and oxygen atoms in total. The summed E-state index contributed by atoms with van der Waals surface area (Å²) in [6.07, 6.45) is -0.436. The van der Waals surface area contributed by atoms with Crippen LogP contribution >= 0.6 is 0 Å². The van der Waals surface area contributed by atoms with E-state index in [-0.39, 0.29) is 5.91 Å². The monoisotopic (exact) mass is 374 g/mol. The van der Waals surface area contributed by atoms with E-state index in [1.54, 1.807) is 19.1 Å². The van der Waals surface area contributed by atoms with Crippen LogP contribution in [-0.4, -0.2) is 20.1 Å². The summed E-state index contributed by atoms with van der Waals surface area (Å²) in [5.74, 6) is 1.17. The van der Waals surface area contributed by atoms with Crippen molar-refractivity contribution in [3.05, 3.63) is 83.4 Å². The molecular formula is C23H22N2O3. The van der Waals surface area contributed by atoms with Gasteiger partial charge in [0.15, 0.2) is 11.5 Å². The largest absolute Gasteiger partial charge is 0.493 e. The molecule has 0 aromatic heterocycles.